The summed E-state index contributed by atoms with van der Waals surface area (Å²) in [5.74, 6) is 0. The minimum Gasteiger partial charge on any atom is -0.325 e. The van der Waals surface area contributed by atoms with Crippen molar-refractivity contribution in [3.8, 4) is 0 Å². The third-order valence-corrected chi connectivity index (χ3v) is 3.67. The number of aromatic nitrogens is 1. The summed E-state index contributed by atoms with van der Waals surface area (Å²) < 4.78 is 1.03. The van der Waals surface area contributed by atoms with Gasteiger partial charge in [-0.3, -0.25) is 4.98 Å². The molecule has 1 aliphatic rings. The first-order chi connectivity index (χ1) is 6.46. The van der Waals surface area contributed by atoms with Crippen LogP contribution in [0.4, 0.5) is 0 Å². The molecule has 0 amide bonds. The number of rotatable bonds is 2. The van der Waals surface area contributed by atoms with Crippen LogP contribution in [0.3, 0.4) is 0 Å². The van der Waals surface area contributed by atoms with Crippen LogP contribution < -0.4 is 5.73 Å². The molecule has 0 aromatic carbocycles. The van der Waals surface area contributed by atoms with Gasteiger partial charge in [-0.05, 0) is 54.2 Å². The lowest BCUT2D eigenvalue weighted by Crippen LogP contribution is -2.45. The van der Waals surface area contributed by atoms with E-state index in [-0.39, 0.29) is 11.0 Å². The molecule has 2 N–H and O–H groups in total. The number of pyridine rings is 1. The Labute approximate surface area is 93.0 Å². The van der Waals surface area contributed by atoms with E-state index in [9.17, 15) is 0 Å². The summed E-state index contributed by atoms with van der Waals surface area (Å²) in [5.41, 5.74) is 7.48. The topological polar surface area (TPSA) is 38.9 Å². The lowest BCUT2D eigenvalue weighted by molar-refractivity contribution is 0.390. The van der Waals surface area contributed by atoms with Crippen LogP contribution in [0.5, 0.6) is 0 Å². The van der Waals surface area contributed by atoms with E-state index >= 15 is 0 Å². The molecule has 14 heavy (non-hydrogen) atoms. The van der Waals surface area contributed by atoms with Crippen molar-refractivity contribution in [3.63, 3.8) is 0 Å². The third-order valence-electron chi connectivity index (χ3n) is 3.24. The second-order valence-corrected chi connectivity index (χ2v) is 5.61. The first-order valence-corrected chi connectivity index (χ1v) is 5.65. The van der Waals surface area contributed by atoms with Crippen molar-refractivity contribution >= 4 is 15.9 Å². The normalized spacial score (nSPS) is 19.4. The summed E-state index contributed by atoms with van der Waals surface area (Å²) in [6.45, 7) is 4.20. The molecule has 1 fully saturated rings. The zero-order chi connectivity index (χ0) is 10.4. The van der Waals surface area contributed by atoms with Gasteiger partial charge in [0.1, 0.15) is 0 Å². The second kappa shape index (κ2) is 3.04. The van der Waals surface area contributed by atoms with Crippen molar-refractivity contribution in [2.45, 2.75) is 37.6 Å². The van der Waals surface area contributed by atoms with E-state index < -0.39 is 0 Å². The largest absolute Gasteiger partial charge is 0.325 e. The van der Waals surface area contributed by atoms with Crippen LogP contribution >= 0.6 is 15.9 Å². The van der Waals surface area contributed by atoms with Crippen molar-refractivity contribution in [1.82, 2.24) is 4.98 Å². The van der Waals surface area contributed by atoms with Crippen LogP contribution in [-0.4, -0.2) is 10.5 Å². The van der Waals surface area contributed by atoms with E-state index in [1.54, 1.807) is 0 Å². The van der Waals surface area contributed by atoms with E-state index in [0.29, 0.717) is 0 Å². The Morgan fingerprint density at radius 3 is 2.50 bits per heavy atom. The van der Waals surface area contributed by atoms with E-state index in [1.807, 2.05) is 12.4 Å². The Bertz CT molecular complexity index is 351. The van der Waals surface area contributed by atoms with Gasteiger partial charge in [-0.2, -0.15) is 0 Å². The van der Waals surface area contributed by atoms with Gasteiger partial charge in [0.05, 0.1) is 0 Å². The van der Waals surface area contributed by atoms with Gasteiger partial charge in [0, 0.05) is 27.8 Å². The van der Waals surface area contributed by atoms with Crippen molar-refractivity contribution in [3.05, 3.63) is 28.5 Å². The third kappa shape index (κ3) is 1.48. The maximum absolute atomic E-state index is 6.21. The number of nitrogens with zero attached hydrogens (tertiary/aromatic N) is 1. The zero-order valence-corrected chi connectivity index (χ0v) is 10.1. The lowest BCUT2D eigenvalue weighted by Gasteiger charge is -2.31. The summed E-state index contributed by atoms with van der Waals surface area (Å²) in [6, 6.07) is 2.13. The minimum atomic E-state index is -0.157. The predicted molar refractivity (Wildman–Crippen MR) is 61.1 cm³/mol. The van der Waals surface area contributed by atoms with Crippen LogP contribution in [0, 0.1) is 0 Å². The summed E-state index contributed by atoms with van der Waals surface area (Å²) in [4.78, 5) is 4.20. The lowest BCUT2D eigenvalue weighted by atomic mass is 9.80. The van der Waals surface area contributed by atoms with Crippen molar-refractivity contribution in [2.24, 2.45) is 5.73 Å². The Kier molecular flexibility index (Phi) is 2.20. The van der Waals surface area contributed by atoms with Gasteiger partial charge in [-0.15, -0.1) is 0 Å². The fourth-order valence-corrected chi connectivity index (χ4v) is 2.47. The maximum atomic E-state index is 6.21. The molecule has 2 rings (SSSR count). The van der Waals surface area contributed by atoms with Crippen molar-refractivity contribution in [1.29, 1.82) is 0 Å². The summed E-state index contributed by atoms with van der Waals surface area (Å²) >= 11 is 3.45. The van der Waals surface area contributed by atoms with Gasteiger partial charge >= 0.3 is 0 Å². The highest BCUT2D eigenvalue weighted by atomic mass is 79.9. The van der Waals surface area contributed by atoms with Gasteiger partial charge in [0.15, 0.2) is 0 Å². The molecule has 1 saturated carbocycles. The average Bonchev–Trinajstić information content (AvgIpc) is 2.82. The van der Waals surface area contributed by atoms with Gasteiger partial charge in [0.25, 0.3) is 0 Å². The summed E-state index contributed by atoms with van der Waals surface area (Å²) in [6.07, 6.45) is 6.10. The molecule has 76 valence electrons. The smallest absolute Gasteiger partial charge is 0.0410 e. The minimum absolute atomic E-state index is 0.157. The van der Waals surface area contributed by atoms with E-state index in [2.05, 4.69) is 40.8 Å². The molecule has 1 heterocycles. The molecule has 0 unspecified atom stereocenters. The molecule has 0 atom stereocenters. The quantitative estimate of drug-likeness (QED) is 0.882. The molecule has 0 bridgehead atoms. The standard InChI is InChI=1S/C11H15BrN2/c1-10(2,13)11(3-4-11)8-5-9(12)7-14-6-8/h5-7H,3-4,13H2,1-2H3. The van der Waals surface area contributed by atoms with E-state index in [1.165, 1.54) is 18.4 Å². The fraction of sp³-hybridized carbons (Fsp3) is 0.545. The molecule has 0 saturated heterocycles. The van der Waals surface area contributed by atoms with Crippen LogP contribution in [0.1, 0.15) is 32.3 Å². The SMILES string of the molecule is CC(C)(N)C1(c2cncc(Br)c2)CC1. The van der Waals surface area contributed by atoms with Crippen LogP contribution in [-0.2, 0) is 5.41 Å². The molecule has 0 radical (unpaired) electrons. The monoisotopic (exact) mass is 254 g/mol. The maximum Gasteiger partial charge on any atom is 0.0410 e. The number of nitrogens with two attached hydrogens (primary N) is 1. The van der Waals surface area contributed by atoms with E-state index in [4.69, 9.17) is 5.73 Å². The molecule has 1 aromatic heterocycles. The highest BCUT2D eigenvalue weighted by Crippen LogP contribution is 2.54. The van der Waals surface area contributed by atoms with Gasteiger partial charge < -0.3 is 5.73 Å². The highest BCUT2D eigenvalue weighted by Gasteiger charge is 2.53. The Balaban J connectivity index is 2.41. The Hall–Kier alpha value is -0.410. The highest BCUT2D eigenvalue weighted by molar-refractivity contribution is 9.10. The van der Waals surface area contributed by atoms with Crippen LogP contribution in [0.2, 0.25) is 0 Å². The first-order valence-electron chi connectivity index (χ1n) is 4.86. The van der Waals surface area contributed by atoms with Gasteiger partial charge in [-0.25, -0.2) is 0 Å². The molecule has 2 nitrogen and oxygen atoms in total. The molecule has 0 spiro atoms. The zero-order valence-electron chi connectivity index (χ0n) is 8.55. The first kappa shape index (κ1) is 10.1. The van der Waals surface area contributed by atoms with Gasteiger partial charge in [-0.1, -0.05) is 0 Å². The average molecular weight is 255 g/mol. The molecular weight excluding hydrogens is 240 g/mol. The Morgan fingerprint density at radius 2 is 2.07 bits per heavy atom. The number of hydrogen-bond donors (Lipinski definition) is 1. The summed E-state index contributed by atoms with van der Waals surface area (Å²) in [5, 5.41) is 0. The van der Waals surface area contributed by atoms with Crippen molar-refractivity contribution < 1.29 is 0 Å². The fourth-order valence-electron chi connectivity index (χ4n) is 2.10. The number of halogens is 1. The molecule has 1 aromatic rings. The molecule has 0 aliphatic heterocycles. The van der Waals surface area contributed by atoms with Crippen LogP contribution in [0.15, 0.2) is 22.9 Å². The van der Waals surface area contributed by atoms with E-state index in [0.717, 1.165) is 4.47 Å². The van der Waals surface area contributed by atoms with Gasteiger partial charge in [0.2, 0.25) is 0 Å². The second-order valence-electron chi connectivity index (χ2n) is 4.70. The Morgan fingerprint density at radius 1 is 1.43 bits per heavy atom. The number of hydrogen-bond acceptors (Lipinski definition) is 2. The molecule has 1 aliphatic carbocycles. The van der Waals surface area contributed by atoms with Crippen molar-refractivity contribution in [2.75, 3.05) is 0 Å². The molecule has 3 heteroatoms. The predicted octanol–water partition coefficient (Wildman–Crippen LogP) is 2.61. The summed E-state index contributed by atoms with van der Waals surface area (Å²) in [7, 11) is 0. The van der Waals surface area contributed by atoms with Crippen LogP contribution in [0.25, 0.3) is 0 Å². The molecular formula is C11H15BrN2.